The van der Waals surface area contributed by atoms with Crippen LogP contribution in [0.3, 0.4) is 0 Å². The topological polar surface area (TPSA) is 42.0 Å². The second-order valence-electron chi connectivity index (χ2n) is 5.10. The van der Waals surface area contributed by atoms with E-state index in [0.717, 1.165) is 5.39 Å². The van der Waals surface area contributed by atoms with Crippen molar-refractivity contribution in [2.24, 2.45) is 5.92 Å². The molecule has 118 valence electrons. The van der Waals surface area contributed by atoms with E-state index in [0.29, 0.717) is 11.1 Å². The number of nitrogens with one attached hydrogen (secondary N) is 1. The molecular formula is C16H17F3N2O. The molecule has 1 unspecified atom stereocenters. The summed E-state index contributed by atoms with van der Waals surface area (Å²) in [4.78, 5) is 16.1. The predicted octanol–water partition coefficient (Wildman–Crippen LogP) is 3.94. The first-order valence-corrected chi connectivity index (χ1v) is 7.11. The molecule has 0 fully saturated rings. The average molecular weight is 310 g/mol. The maximum atomic E-state index is 12.6. The highest BCUT2D eigenvalue weighted by atomic mass is 19.4. The van der Waals surface area contributed by atoms with Crippen molar-refractivity contribution < 1.29 is 18.0 Å². The number of benzene rings is 1. The van der Waals surface area contributed by atoms with Gasteiger partial charge in [-0.15, -0.1) is 0 Å². The molecule has 0 aliphatic carbocycles. The van der Waals surface area contributed by atoms with Gasteiger partial charge in [0.25, 0.3) is 5.91 Å². The number of hydrogen-bond donors (Lipinski definition) is 1. The molecular weight excluding hydrogens is 293 g/mol. The summed E-state index contributed by atoms with van der Waals surface area (Å²) in [7, 11) is 0. The van der Waals surface area contributed by atoms with Gasteiger partial charge >= 0.3 is 6.18 Å². The summed E-state index contributed by atoms with van der Waals surface area (Å²) in [5, 5.41) is 3.44. The van der Waals surface area contributed by atoms with Crippen LogP contribution >= 0.6 is 0 Å². The van der Waals surface area contributed by atoms with Gasteiger partial charge in [0.15, 0.2) is 0 Å². The first kappa shape index (κ1) is 16.3. The number of rotatable bonds is 5. The van der Waals surface area contributed by atoms with Crippen molar-refractivity contribution in [1.29, 1.82) is 0 Å². The van der Waals surface area contributed by atoms with E-state index in [9.17, 15) is 18.0 Å². The molecule has 0 saturated heterocycles. The lowest BCUT2D eigenvalue weighted by molar-refractivity contribution is -0.176. The van der Waals surface area contributed by atoms with Crippen molar-refractivity contribution in [1.82, 2.24) is 10.3 Å². The summed E-state index contributed by atoms with van der Waals surface area (Å²) in [6.45, 7) is 1.49. The number of nitrogens with zero attached hydrogens (tertiary/aromatic N) is 1. The normalized spacial score (nSPS) is 13.1. The Morgan fingerprint density at radius 1 is 1.32 bits per heavy atom. The zero-order chi connectivity index (χ0) is 16.2. The van der Waals surface area contributed by atoms with Gasteiger partial charge in [0.05, 0.1) is 11.4 Å². The van der Waals surface area contributed by atoms with Crippen LogP contribution in [0.1, 0.15) is 30.1 Å². The van der Waals surface area contributed by atoms with E-state index in [4.69, 9.17) is 0 Å². The number of halogens is 3. The lowest BCUT2D eigenvalue weighted by Crippen LogP contribution is -2.30. The van der Waals surface area contributed by atoms with Crippen LogP contribution in [0.4, 0.5) is 13.2 Å². The Bertz CT molecular complexity index is 655. The summed E-state index contributed by atoms with van der Waals surface area (Å²) in [6, 6.07) is 8.71. The minimum atomic E-state index is -4.22. The summed E-state index contributed by atoms with van der Waals surface area (Å²) in [5.41, 5.74) is 1.07. The lowest BCUT2D eigenvalue weighted by Gasteiger charge is -2.18. The lowest BCUT2D eigenvalue weighted by atomic mass is 10.0. The van der Waals surface area contributed by atoms with Crippen LogP contribution in [0.15, 0.2) is 36.5 Å². The van der Waals surface area contributed by atoms with Gasteiger partial charge in [0, 0.05) is 23.7 Å². The Morgan fingerprint density at radius 2 is 2.09 bits per heavy atom. The molecule has 1 N–H and O–H groups in total. The maximum absolute atomic E-state index is 12.6. The highest BCUT2D eigenvalue weighted by molar-refractivity contribution is 5.97. The summed E-state index contributed by atoms with van der Waals surface area (Å²) in [6.07, 6.45) is -2.69. The van der Waals surface area contributed by atoms with Gasteiger partial charge in [-0.1, -0.05) is 19.1 Å². The number of amides is 1. The van der Waals surface area contributed by atoms with E-state index < -0.39 is 12.1 Å². The number of alkyl halides is 3. The van der Waals surface area contributed by atoms with Crippen molar-refractivity contribution in [3.8, 4) is 0 Å². The minimum absolute atomic E-state index is 0.00287. The standard InChI is InChI=1S/C16H17F3N2O/c1-2-13(16(17,18)19)7-9-21-15(22)12-6-5-11-4-3-8-20-14(11)10-12/h3-6,8,10,13H,2,7,9H2,1H3,(H,21,22). The molecule has 6 heteroatoms. The fourth-order valence-electron chi connectivity index (χ4n) is 2.27. The van der Waals surface area contributed by atoms with E-state index in [1.165, 1.54) is 6.92 Å². The van der Waals surface area contributed by atoms with Crippen molar-refractivity contribution in [2.45, 2.75) is 25.9 Å². The Kier molecular flexibility index (Phi) is 5.00. The highest BCUT2D eigenvalue weighted by Crippen LogP contribution is 2.30. The molecule has 0 saturated carbocycles. The van der Waals surface area contributed by atoms with Crippen molar-refractivity contribution in [2.75, 3.05) is 6.54 Å². The van der Waals surface area contributed by atoms with Crippen LogP contribution in [0.2, 0.25) is 0 Å². The predicted molar refractivity (Wildman–Crippen MR) is 78.5 cm³/mol. The molecule has 2 rings (SSSR count). The minimum Gasteiger partial charge on any atom is -0.352 e. The Morgan fingerprint density at radius 3 is 2.77 bits per heavy atom. The Labute approximate surface area is 126 Å². The van der Waals surface area contributed by atoms with Crippen molar-refractivity contribution in [3.63, 3.8) is 0 Å². The monoisotopic (exact) mass is 310 g/mol. The van der Waals surface area contributed by atoms with Crippen LogP contribution in [0, 0.1) is 5.92 Å². The molecule has 1 aromatic carbocycles. The number of aromatic nitrogens is 1. The third kappa shape index (κ3) is 3.96. The van der Waals surface area contributed by atoms with Crippen LogP contribution in [-0.2, 0) is 0 Å². The zero-order valence-corrected chi connectivity index (χ0v) is 12.2. The molecule has 0 aliphatic heterocycles. The van der Waals surface area contributed by atoms with E-state index in [-0.39, 0.29) is 25.3 Å². The molecule has 1 atom stereocenters. The second-order valence-corrected chi connectivity index (χ2v) is 5.10. The molecule has 0 aliphatic rings. The molecule has 1 aromatic heterocycles. The quantitative estimate of drug-likeness (QED) is 0.909. The molecule has 3 nitrogen and oxygen atoms in total. The van der Waals surface area contributed by atoms with Gasteiger partial charge in [-0.25, -0.2) is 0 Å². The maximum Gasteiger partial charge on any atom is 0.391 e. The van der Waals surface area contributed by atoms with E-state index >= 15 is 0 Å². The fraction of sp³-hybridized carbons (Fsp3) is 0.375. The molecule has 2 aromatic rings. The first-order valence-electron chi connectivity index (χ1n) is 7.11. The molecule has 0 spiro atoms. The zero-order valence-electron chi connectivity index (χ0n) is 12.2. The van der Waals surface area contributed by atoms with Gasteiger partial charge in [-0.2, -0.15) is 13.2 Å². The van der Waals surface area contributed by atoms with Crippen molar-refractivity contribution >= 4 is 16.8 Å². The number of carbonyl (C=O) groups is 1. The van der Waals surface area contributed by atoms with E-state index in [1.807, 2.05) is 6.07 Å². The highest BCUT2D eigenvalue weighted by Gasteiger charge is 2.37. The number of carbonyl (C=O) groups excluding carboxylic acids is 1. The van der Waals surface area contributed by atoms with Gasteiger partial charge in [-0.05, 0) is 31.0 Å². The summed E-state index contributed by atoms with van der Waals surface area (Å²) in [5.74, 6) is -1.77. The van der Waals surface area contributed by atoms with Crippen LogP contribution < -0.4 is 5.32 Å². The van der Waals surface area contributed by atoms with Crippen LogP contribution in [-0.4, -0.2) is 23.6 Å². The Balaban J connectivity index is 1.96. The van der Waals surface area contributed by atoms with E-state index in [1.54, 1.807) is 30.5 Å². The number of hydrogen-bond acceptors (Lipinski definition) is 2. The van der Waals surface area contributed by atoms with Gasteiger partial charge in [0.2, 0.25) is 0 Å². The summed E-state index contributed by atoms with van der Waals surface area (Å²) < 4.78 is 37.9. The van der Waals surface area contributed by atoms with Crippen LogP contribution in [0.5, 0.6) is 0 Å². The molecule has 0 bridgehead atoms. The van der Waals surface area contributed by atoms with Gasteiger partial charge in [-0.3, -0.25) is 9.78 Å². The van der Waals surface area contributed by atoms with Gasteiger partial charge in [0.1, 0.15) is 0 Å². The SMILES string of the molecule is CCC(CCNC(=O)c1ccc2cccnc2c1)C(F)(F)F. The molecule has 1 amide bonds. The molecule has 1 heterocycles. The largest absolute Gasteiger partial charge is 0.391 e. The molecule has 0 radical (unpaired) electrons. The van der Waals surface area contributed by atoms with E-state index in [2.05, 4.69) is 10.3 Å². The van der Waals surface area contributed by atoms with Gasteiger partial charge < -0.3 is 5.32 Å². The average Bonchev–Trinajstić information content (AvgIpc) is 2.49. The first-order chi connectivity index (χ1) is 10.4. The van der Waals surface area contributed by atoms with Crippen LogP contribution in [0.25, 0.3) is 10.9 Å². The smallest absolute Gasteiger partial charge is 0.352 e. The second kappa shape index (κ2) is 6.77. The van der Waals surface area contributed by atoms with Crippen molar-refractivity contribution in [3.05, 3.63) is 42.1 Å². The Hall–Kier alpha value is -2.11. The fourth-order valence-corrected chi connectivity index (χ4v) is 2.27. The number of pyridine rings is 1. The third-order valence-electron chi connectivity index (χ3n) is 3.60. The summed E-state index contributed by atoms with van der Waals surface area (Å²) >= 11 is 0. The molecule has 22 heavy (non-hydrogen) atoms. The third-order valence-corrected chi connectivity index (χ3v) is 3.60. The number of fused-ring (bicyclic) bond motifs is 1.